The van der Waals surface area contributed by atoms with Gasteiger partial charge in [-0.1, -0.05) is 30.3 Å². The second-order valence-electron chi connectivity index (χ2n) is 11.7. The predicted octanol–water partition coefficient (Wildman–Crippen LogP) is 5.47. The van der Waals surface area contributed by atoms with Crippen molar-refractivity contribution in [2.75, 3.05) is 62.0 Å². The molecular weight excluding hydrogens is 720 g/mol. The number of non-ortho nitro benzene ring substituents is 1. The van der Waals surface area contributed by atoms with Gasteiger partial charge in [-0.05, 0) is 43.2 Å². The van der Waals surface area contributed by atoms with Crippen LogP contribution in [0.15, 0.2) is 89.3 Å². The lowest BCUT2D eigenvalue weighted by Crippen LogP contribution is -2.32. The van der Waals surface area contributed by atoms with Crippen LogP contribution in [0, 0.1) is 10.1 Å². The van der Waals surface area contributed by atoms with Gasteiger partial charge in [-0.15, -0.1) is 0 Å². The van der Waals surface area contributed by atoms with E-state index in [0.717, 1.165) is 0 Å². The van der Waals surface area contributed by atoms with Crippen LogP contribution in [0.5, 0.6) is 23.0 Å². The van der Waals surface area contributed by atoms with Gasteiger partial charge in [0, 0.05) is 57.0 Å². The van der Waals surface area contributed by atoms with Crippen molar-refractivity contribution >= 4 is 29.5 Å². The third-order valence-electron chi connectivity index (χ3n) is 7.99. The number of carbonyl (C=O) groups is 3. The maximum absolute atomic E-state index is 13.8. The monoisotopic (exact) mass is 762 g/mol. The highest BCUT2D eigenvalue weighted by molar-refractivity contribution is 6.10. The maximum Gasteiger partial charge on any atom is 0.336 e. The van der Waals surface area contributed by atoms with Gasteiger partial charge in [-0.2, -0.15) is 0 Å². The fraction of sp³-hybridized carbons (Fsp3) is 0.308. The first-order valence-electron chi connectivity index (χ1n) is 16.7. The molecule has 55 heavy (non-hydrogen) atoms. The summed E-state index contributed by atoms with van der Waals surface area (Å²) >= 11 is 0. The van der Waals surface area contributed by atoms with E-state index < -0.39 is 28.6 Å². The number of hydrogen-bond acceptors (Lipinski definition) is 15. The first kappa shape index (κ1) is 41.5. The molecule has 0 aromatic heterocycles. The molecule has 1 atom stereocenters. The number of carbonyl (C=O) groups excluding carboxylic acids is 3. The summed E-state index contributed by atoms with van der Waals surface area (Å²) < 4.78 is 48.5. The number of allylic oxidation sites excluding steroid dienone is 3. The van der Waals surface area contributed by atoms with Gasteiger partial charge in [-0.3, -0.25) is 14.9 Å². The van der Waals surface area contributed by atoms with E-state index in [0.29, 0.717) is 28.3 Å². The Hall–Kier alpha value is -6.23. The summed E-state index contributed by atoms with van der Waals surface area (Å²) in [4.78, 5) is 51.5. The summed E-state index contributed by atoms with van der Waals surface area (Å²) in [6.07, 6.45) is 2.95. The van der Waals surface area contributed by atoms with E-state index in [1.165, 1.54) is 64.8 Å². The van der Waals surface area contributed by atoms with Gasteiger partial charge < -0.3 is 47.9 Å². The largest absolute Gasteiger partial charge is 0.489 e. The molecule has 3 aromatic rings. The van der Waals surface area contributed by atoms with Crippen LogP contribution in [0.1, 0.15) is 41.3 Å². The standard InChI is InChI=1S/C39H42N2O14/c1-24-34(38(43)50-6)36(27-8-7-9-28(18-27)41(45)46)35(25(2)40-24)39(44)52-17-16-51-32-19-30(54-22-48-4)20-33(55-23-49-5)37(32)31(42)15-12-26-10-13-29(14-11-26)53-21-47-3/h7-15,18-20,36,40H,16-17,21-23H2,1-6H3/b15-12+. The molecule has 0 saturated heterocycles. The molecule has 0 saturated carbocycles. The number of ketones is 1. The van der Waals surface area contributed by atoms with Gasteiger partial charge in [-0.25, -0.2) is 9.59 Å². The fourth-order valence-electron chi connectivity index (χ4n) is 5.59. The highest BCUT2D eigenvalue weighted by atomic mass is 16.7. The first-order chi connectivity index (χ1) is 26.5. The number of esters is 2. The number of nitro benzene ring substituents is 1. The lowest BCUT2D eigenvalue weighted by Gasteiger charge is -2.30. The second kappa shape index (κ2) is 20.3. The lowest BCUT2D eigenvalue weighted by atomic mass is 9.80. The van der Waals surface area contributed by atoms with E-state index in [9.17, 15) is 24.5 Å². The van der Waals surface area contributed by atoms with Crippen molar-refractivity contribution in [2.24, 2.45) is 0 Å². The smallest absolute Gasteiger partial charge is 0.336 e. The lowest BCUT2D eigenvalue weighted by molar-refractivity contribution is -0.384. The molecule has 0 bridgehead atoms. The number of nitro groups is 1. The molecule has 0 spiro atoms. The Morgan fingerprint density at radius 3 is 1.96 bits per heavy atom. The Balaban J connectivity index is 1.60. The molecule has 0 aliphatic carbocycles. The summed E-state index contributed by atoms with van der Waals surface area (Å²) in [5.41, 5.74) is 1.71. The van der Waals surface area contributed by atoms with Crippen molar-refractivity contribution in [3.8, 4) is 23.0 Å². The summed E-state index contributed by atoms with van der Waals surface area (Å²) in [7, 11) is 5.58. The number of nitrogens with one attached hydrogen (secondary N) is 1. The van der Waals surface area contributed by atoms with Crippen molar-refractivity contribution in [1.82, 2.24) is 5.32 Å². The van der Waals surface area contributed by atoms with Crippen LogP contribution in [0.3, 0.4) is 0 Å². The Morgan fingerprint density at radius 2 is 1.35 bits per heavy atom. The van der Waals surface area contributed by atoms with Crippen molar-refractivity contribution in [2.45, 2.75) is 19.8 Å². The molecule has 0 fully saturated rings. The molecule has 0 amide bonds. The minimum Gasteiger partial charge on any atom is -0.489 e. The van der Waals surface area contributed by atoms with E-state index in [4.69, 9.17) is 42.6 Å². The van der Waals surface area contributed by atoms with Gasteiger partial charge in [0.05, 0.1) is 29.1 Å². The highest BCUT2D eigenvalue weighted by Gasteiger charge is 2.38. The van der Waals surface area contributed by atoms with Crippen LogP contribution in [-0.2, 0) is 33.3 Å². The topological polar surface area (TPSA) is 189 Å². The van der Waals surface area contributed by atoms with Gasteiger partial charge in [0.2, 0.25) is 0 Å². The normalized spacial score (nSPS) is 14.0. The van der Waals surface area contributed by atoms with Gasteiger partial charge >= 0.3 is 11.9 Å². The Kier molecular flexibility index (Phi) is 15.3. The zero-order valence-corrected chi connectivity index (χ0v) is 31.2. The van der Waals surface area contributed by atoms with E-state index in [1.807, 2.05) is 0 Å². The van der Waals surface area contributed by atoms with E-state index in [1.54, 1.807) is 50.3 Å². The summed E-state index contributed by atoms with van der Waals surface area (Å²) in [5, 5.41) is 14.6. The van der Waals surface area contributed by atoms with E-state index in [-0.39, 0.29) is 73.2 Å². The average molecular weight is 763 g/mol. The number of dihydropyridines is 1. The predicted molar refractivity (Wildman–Crippen MR) is 197 cm³/mol. The average Bonchev–Trinajstić information content (AvgIpc) is 3.18. The van der Waals surface area contributed by atoms with Gasteiger partial charge in [0.15, 0.2) is 26.2 Å². The van der Waals surface area contributed by atoms with Crippen LogP contribution in [0.2, 0.25) is 0 Å². The number of methoxy groups -OCH3 is 4. The third kappa shape index (κ3) is 10.9. The molecular formula is C39H42N2O14. The molecule has 0 radical (unpaired) electrons. The number of nitrogens with zero attached hydrogens (tertiary/aromatic N) is 1. The Morgan fingerprint density at radius 1 is 0.745 bits per heavy atom. The quantitative estimate of drug-likeness (QED) is 0.0290. The molecule has 16 heteroatoms. The molecule has 1 heterocycles. The summed E-state index contributed by atoms with van der Waals surface area (Å²) in [5.74, 6) is -2.12. The minimum absolute atomic E-state index is 0.0357. The van der Waals surface area contributed by atoms with Gasteiger partial charge in [0.1, 0.15) is 41.8 Å². The van der Waals surface area contributed by atoms with Crippen LogP contribution in [0.25, 0.3) is 6.08 Å². The molecule has 16 nitrogen and oxygen atoms in total. The van der Waals surface area contributed by atoms with Crippen LogP contribution >= 0.6 is 0 Å². The zero-order valence-electron chi connectivity index (χ0n) is 31.2. The van der Waals surface area contributed by atoms with Crippen molar-refractivity contribution in [1.29, 1.82) is 0 Å². The molecule has 1 unspecified atom stereocenters. The fourth-order valence-corrected chi connectivity index (χ4v) is 5.59. The Bertz CT molecular complexity index is 1950. The van der Waals surface area contributed by atoms with E-state index >= 15 is 0 Å². The molecule has 3 aromatic carbocycles. The zero-order chi connectivity index (χ0) is 39.9. The highest BCUT2D eigenvalue weighted by Crippen LogP contribution is 2.40. The molecule has 1 aliphatic rings. The number of rotatable bonds is 20. The maximum atomic E-state index is 13.8. The number of benzene rings is 3. The number of ether oxygens (including phenoxy) is 9. The molecule has 4 rings (SSSR count). The first-order valence-corrected chi connectivity index (χ1v) is 16.7. The summed E-state index contributed by atoms with van der Waals surface area (Å²) in [6.45, 7) is 2.47. The second-order valence-corrected chi connectivity index (χ2v) is 11.7. The molecule has 1 aliphatic heterocycles. The SMILES string of the molecule is COCOc1ccc(/C=C/C(=O)c2c(OCCOC(=O)C3=C(C)NC(C)=C(C(=O)OC)C3c3cccc([N+](=O)[O-])c3)cc(OCOC)cc2OCOC)cc1. The minimum atomic E-state index is -1.05. The van der Waals surface area contributed by atoms with Crippen LogP contribution in [0.4, 0.5) is 5.69 Å². The van der Waals surface area contributed by atoms with Crippen LogP contribution in [-0.4, -0.2) is 84.7 Å². The number of hydrogen-bond donors (Lipinski definition) is 1. The van der Waals surface area contributed by atoms with Crippen molar-refractivity contribution in [3.05, 3.63) is 116 Å². The van der Waals surface area contributed by atoms with Crippen molar-refractivity contribution in [3.63, 3.8) is 0 Å². The third-order valence-corrected chi connectivity index (χ3v) is 7.99. The Labute approximate surface area is 317 Å². The van der Waals surface area contributed by atoms with Gasteiger partial charge in [0.25, 0.3) is 5.69 Å². The molecule has 1 N–H and O–H groups in total. The molecule has 292 valence electrons. The van der Waals surface area contributed by atoms with Crippen molar-refractivity contribution < 1.29 is 61.9 Å². The van der Waals surface area contributed by atoms with E-state index in [2.05, 4.69) is 5.32 Å². The van der Waals surface area contributed by atoms with Crippen LogP contribution < -0.4 is 24.3 Å². The summed E-state index contributed by atoms with van der Waals surface area (Å²) in [6, 6.07) is 15.6.